The minimum absolute atomic E-state index is 0.225. The number of anilines is 1. The van der Waals surface area contributed by atoms with E-state index in [0.717, 1.165) is 11.3 Å². The molecule has 0 spiro atoms. The molecule has 0 fully saturated rings. The fraction of sp³-hybridized carbons (Fsp3) is 0.267. The minimum atomic E-state index is -0.376. The molecule has 2 rings (SSSR count). The lowest BCUT2D eigenvalue weighted by atomic mass is 10.2. The van der Waals surface area contributed by atoms with Gasteiger partial charge in [-0.15, -0.1) is 11.6 Å². The zero-order valence-corrected chi connectivity index (χ0v) is 12.2. The van der Waals surface area contributed by atoms with Crippen LogP contribution >= 0.6 is 11.6 Å². The number of ether oxygens (including phenoxy) is 1. The zero-order valence-electron chi connectivity index (χ0n) is 11.4. The van der Waals surface area contributed by atoms with Gasteiger partial charge in [-0.3, -0.25) is 0 Å². The predicted octanol–water partition coefficient (Wildman–Crippen LogP) is 3.60. The molecule has 0 unspecified atom stereocenters. The quantitative estimate of drug-likeness (QED) is 0.788. The van der Waals surface area contributed by atoms with E-state index < -0.39 is 0 Å². The molecule has 3 nitrogen and oxygen atoms in total. The molecule has 1 heterocycles. The molecule has 0 atom stereocenters. The van der Waals surface area contributed by atoms with Gasteiger partial charge in [0.15, 0.2) is 0 Å². The standard InChI is InChI=1S/C15H16ClFN2O/c1-19(10-11-4-3-5-14(6-11)20-2)15-12(8-16)7-13(17)9-18-15/h3-7,9H,8,10H2,1-2H3. The van der Waals surface area contributed by atoms with Crippen LogP contribution in [-0.4, -0.2) is 19.1 Å². The van der Waals surface area contributed by atoms with Crippen molar-refractivity contribution in [3.63, 3.8) is 0 Å². The summed E-state index contributed by atoms with van der Waals surface area (Å²) in [6, 6.07) is 9.20. The van der Waals surface area contributed by atoms with E-state index in [1.54, 1.807) is 7.11 Å². The van der Waals surface area contributed by atoms with E-state index >= 15 is 0 Å². The van der Waals surface area contributed by atoms with Crippen molar-refractivity contribution in [3.05, 3.63) is 53.5 Å². The monoisotopic (exact) mass is 294 g/mol. The molecular formula is C15H16ClFN2O. The zero-order chi connectivity index (χ0) is 14.5. The van der Waals surface area contributed by atoms with Crippen molar-refractivity contribution in [1.82, 2.24) is 4.98 Å². The molecule has 0 N–H and O–H groups in total. The van der Waals surface area contributed by atoms with Crippen molar-refractivity contribution in [3.8, 4) is 5.75 Å². The Balaban J connectivity index is 2.21. The summed E-state index contributed by atoms with van der Waals surface area (Å²) >= 11 is 5.85. The molecule has 20 heavy (non-hydrogen) atoms. The van der Waals surface area contributed by atoms with Gasteiger partial charge in [0.05, 0.1) is 19.2 Å². The van der Waals surface area contributed by atoms with Crippen LogP contribution in [0.4, 0.5) is 10.2 Å². The molecule has 1 aromatic heterocycles. The molecule has 0 aliphatic rings. The third-order valence-electron chi connectivity index (χ3n) is 2.97. The lowest BCUT2D eigenvalue weighted by Crippen LogP contribution is -2.19. The van der Waals surface area contributed by atoms with Crippen LogP contribution in [0.3, 0.4) is 0 Å². The lowest BCUT2D eigenvalue weighted by Gasteiger charge is -2.21. The Morgan fingerprint density at radius 1 is 1.35 bits per heavy atom. The smallest absolute Gasteiger partial charge is 0.141 e. The first-order valence-corrected chi connectivity index (χ1v) is 6.72. The molecule has 2 aromatic rings. The van der Waals surface area contributed by atoms with E-state index in [0.29, 0.717) is 17.9 Å². The molecule has 5 heteroatoms. The van der Waals surface area contributed by atoms with Crippen LogP contribution in [0.25, 0.3) is 0 Å². The number of hydrogen-bond acceptors (Lipinski definition) is 3. The van der Waals surface area contributed by atoms with Gasteiger partial charge in [0, 0.05) is 19.2 Å². The van der Waals surface area contributed by atoms with Gasteiger partial charge in [-0.2, -0.15) is 0 Å². The summed E-state index contributed by atoms with van der Waals surface area (Å²) in [6.45, 7) is 0.639. The molecule has 0 aliphatic heterocycles. The van der Waals surface area contributed by atoms with Crippen molar-refractivity contribution >= 4 is 17.4 Å². The summed E-state index contributed by atoms with van der Waals surface area (Å²) in [5.74, 6) is 1.34. The molecule has 0 saturated carbocycles. The van der Waals surface area contributed by atoms with Crippen molar-refractivity contribution in [2.45, 2.75) is 12.4 Å². The van der Waals surface area contributed by atoms with Gasteiger partial charge in [-0.05, 0) is 23.8 Å². The Labute approximate surface area is 123 Å². The van der Waals surface area contributed by atoms with Crippen LogP contribution in [0, 0.1) is 5.82 Å². The second-order valence-electron chi connectivity index (χ2n) is 4.48. The second-order valence-corrected chi connectivity index (χ2v) is 4.74. The predicted molar refractivity (Wildman–Crippen MR) is 78.9 cm³/mol. The van der Waals surface area contributed by atoms with Gasteiger partial charge in [0.2, 0.25) is 0 Å². The summed E-state index contributed by atoms with van der Waals surface area (Å²) in [6.07, 6.45) is 1.20. The molecule has 0 bridgehead atoms. The highest BCUT2D eigenvalue weighted by atomic mass is 35.5. The van der Waals surface area contributed by atoms with Crippen molar-refractivity contribution in [2.24, 2.45) is 0 Å². The maximum Gasteiger partial charge on any atom is 0.141 e. The van der Waals surface area contributed by atoms with Crippen molar-refractivity contribution in [1.29, 1.82) is 0 Å². The minimum Gasteiger partial charge on any atom is -0.497 e. The Morgan fingerprint density at radius 2 is 2.15 bits per heavy atom. The van der Waals surface area contributed by atoms with Crippen LogP contribution in [0.1, 0.15) is 11.1 Å². The second kappa shape index (κ2) is 6.57. The van der Waals surface area contributed by atoms with Gasteiger partial charge in [0.25, 0.3) is 0 Å². The number of methoxy groups -OCH3 is 1. The highest BCUT2D eigenvalue weighted by Crippen LogP contribution is 2.22. The number of pyridine rings is 1. The van der Waals surface area contributed by atoms with Gasteiger partial charge in [0.1, 0.15) is 17.4 Å². The molecule has 0 amide bonds. The van der Waals surface area contributed by atoms with E-state index in [1.807, 2.05) is 36.2 Å². The highest BCUT2D eigenvalue weighted by Gasteiger charge is 2.10. The Morgan fingerprint density at radius 3 is 2.85 bits per heavy atom. The molecule has 0 saturated heterocycles. The maximum atomic E-state index is 13.2. The first-order chi connectivity index (χ1) is 9.63. The normalized spacial score (nSPS) is 10.4. The fourth-order valence-corrected chi connectivity index (χ4v) is 2.23. The molecule has 0 radical (unpaired) electrons. The number of hydrogen-bond donors (Lipinski definition) is 0. The molecular weight excluding hydrogens is 279 g/mol. The number of alkyl halides is 1. The summed E-state index contributed by atoms with van der Waals surface area (Å²) < 4.78 is 18.4. The van der Waals surface area contributed by atoms with E-state index in [2.05, 4.69) is 4.98 Å². The van der Waals surface area contributed by atoms with Crippen LogP contribution in [-0.2, 0) is 12.4 Å². The van der Waals surface area contributed by atoms with Gasteiger partial charge >= 0.3 is 0 Å². The average Bonchev–Trinajstić information content (AvgIpc) is 2.47. The SMILES string of the molecule is COc1cccc(CN(C)c2ncc(F)cc2CCl)c1. The first kappa shape index (κ1) is 14.6. The largest absolute Gasteiger partial charge is 0.497 e. The molecule has 106 valence electrons. The van der Waals surface area contributed by atoms with Crippen LogP contribution in [0.2, 0.25) is 0 Å². The summed E-state index contributed by atoms with van der Waals surface area (Å²) in [7, 11) is 3.53. The third-order valence-corrected chi connectivity index (χ3v) is 3.26. The maximum absolute atomic E-state index is 13.2. The topological polar surface area (TPSA) is 25.4 Å². The molecule has 1 aromatic carbocycles. The Bertz CT molecular complexity index is 592. The van der Waals surface area contributed by atoms with Crippen molar-refractivity contribution in [2.75, 3.05) is 19.1 Å². The first-order valence-electron chi connectivity index (χ1n) is 6.18. The number of aromatic nitrogens is 1. The highest BCUT2D eigenvalue weighted by molar-refractivity contribution is 6.17. The average molecular weight is 295 g/mol. The van der Waals surface area contributed by atoms with E-state index in [1.165, 1.54) is 12.3 Å². The van der Waals surface area contributed by atoms with Crippen LogP contribution in [0.15, 0.2) is 36.5 Å². The summed E-state index contributed by atoms with van der Waals surface area (Å²) in [5.41, 5.74) is 1.76. The van der Waals surface area contributed by atoms with E-state index in [4.69, 9.17) is 16.3 Å². The van der Waals surface area contributed by atoms with Crippen molar-refractivity contribution < 1.29 is 9.13 Å². The van der Waals surface area contributed by atoms with E-state index in [9.17, 15) is 4.39 Å². The fourth-order valence-electron chi connectivity index (χ4n) is 2.04. The Kier molecular flexibility index (Phi) is 4.79. The van der Waals surface area contributed by atoms with Crippen LogP contribution < -0.4 is 9.64 Å². The number of halogens is 2. The summed E-state index contributed by atoms with van der Waals surface area (Å²) in [5, 5.41) is 0. The van der Waals surface area contributed by atoms with Gasteiger partial charge < -0.3 is 9.64 Å². The van der Waals surface area contributed by atoms with Gasteiger partial charge in [-0.1, -0.05) is 12.1 Å². The van der Waals surface area contributed by atoms with Gasteiger partial charge in [-0.25, -0.2) is 9.37 Å². The number of nitrogens with zero attached hydrogens (tertiary/aromatic N) is 2. The van der Waals surface area contributed by atoms with E-state index in [-0.39, 0.29) is 11.7 Å². The molecule has 0 aliphatic carbocycles. The number of benzene rings is 1. The number of rotatable bonds is 5. The third kappa shape index (κ3) is 3.39. The summed E-state index contributed by atoms with van der Waals surface area (Å²) in [4.78, 5) is 6.06. The lowest BCUT2D eigenvalue weighted by molar-refractivity contribution is 0.414. The van der Waals surface area contributed by atoms with Crippen LogP contribution in [0.5, 0.6) is 5.75 Å². The Hall–Kier alpha value is -1.81.